The zero-order valence-electron chi connectivity index (χ0n) is 11.9. The Hall–Kier alpha value is -3.26. The van der Waals surface area contributed by atoms with E-state index in [1.807, 2.05) is 0 Å². The van der Waals surface area contributed by atoms with Crippen molar-refractivity contribution in [3.63, 3.8) is 0 Å². The van der Waals surface area contributed by atoms with E-state index in [4.69, 9.17) is 9.84 Å². The number of nitro benzene ring substituents is 1. The minimum Gasteiger partial charge on any atom is -0.457 e. The number of carbonyl (C=O) groups is 1. The van der Waals surface area contributed by atoms with Crippen LogP contribution in [0.2, 0.25) is 0 Å². The number of aliphatic hydroxyl groups excluding tert-OH is 1. The van der Waals surface area contributed by atoms with E-state index in [9.17, 15) is 14.9 Å². The van der Waals surface area contributed by atoms with Gasteiger partial charge in [-0.25, -0.2) is 5.43 Å². The van der Waals surface area contributed by atoms with Crippen molar-refractivity contribution in [3.8, 4) is 11.5 Å². The van der Waals surface area contributed by atoms with Gasteiger partial charge in [0.05, 0.1) is 11.1 Å². The Bertz CT molecular complexity index is 711. The molecule has 118 valence electrons. The van der Waals surface area contributed by atoms with Gasteiger partial charge in [0.1, 0.15) is 18.1 Å². The number of amides is 1. The lowest BCUT2D eigenvalue weighted by Gasteiger charge is -2.05. The summed E-state index contributed by atoms with van der Waals surface area (Å²) in [6, 6.07) is 12.6. The Morgan fingerprint density at radius 1 is 1.17 bits per heavy atom. The van der Waals surface area contributed by atoms with Gasteiger partial charge in [-0.1, -0.05) is 0 Å². The molecule has 0 radical (unpaired) electrons. The molecule has 0 aliphatic rings. The van der Waals surface area contributed by atoms with Gasteiger partial charge in [-0.15, -0.1) is 0 Å². The van der Waals surface area contributed by atoms with Crippen molar-refractivity contribution in [3.05, 3.63) is 64.2 Å². The molecule has 2 aromatic rings. The second kappa shape index (κ2) is 7.66. The lowest BCUT2D eigenvalue weighted by Crippen LogP contribution is -2.20. The number of rotatable bonds is 6. The van der Waals surface area contributed by atoms with E-state index in [0.717, 1.165) is 5.56 Å². The summed E-state index contributed by atoms with van der Waals surface area (Å²) >= 11 is 0. The number of hydrogen-bond donors (Lipinski definition) is 2. The maximum Gasteiger partial charge on any atom is 0.269 e. The SMILES string of the molecule is O=C(CO)N/N=C\c1ccc(Oc2ccc([N+](=O)[O-])cc2)cc1. The average molecular weight is 315 g/mol. The Morgan fingerprint density at radius 2 is 1.74 bits per heavy atom. The van der Waals surface area contributed by atoms with Gasteiger partial charge < -0.3 is 9.84 Å². The number of ether oxygens (including phenoxy) is 1. The predicted octanol–water partition coefficient (Wildman–Crippen LogP) is 1.83. The fourth-order valence-corrected chi connectivity index (χ4v) is 1.61. The molecule has 2 N–H and O–H groups in total. The van der Waals surface area contributed by atoms with Crippen molar-refractivity contribution >= 4 is 17.8 Å². The highest BCUT2D eigenvalue weighted by atomic mass is 16.6. The van der Waals surface area contributed by atoms with E-state index >= 15 is 0 Å². The van der Waals surface area contributed by atoms with Crippen LogP contribution >= 0.6 is 0 Å². The first-order valence-corrected chi connectivity index (χ1v) is 6.53. The van der Waals surface area contributed by atoms with Crippen LogP contribution in [0.25, 0.3) is 0 Å². The Balaban J connectivity index is 1.96. The number of nitrogens with one attached hydrogen (secondary N) is 1. The molecule has 0 aromatic heterocycles. The Kier molecular flexibility index (Phi) is 5.37. The zero-order chi connectivity index (χ0) is 16.7. The van der Waals surface area contributed by atoms with E-state index in [1.54, 1.807) is 24.3 Å². The third kappa shape index (κ3) is 4.90. The van der Waals surface area contributed by atoms with Crippen LogP contribution in [0.4, 0.5) is 5.69 Å². The smallest absolute Gasteiger partial charge is 0.269 e. The molecule has 2 rings (SSSR count). The summed E-state index contributed by atoms with van der Waals surface area (Å²) in [5.74, 6) is 0.432. The third-order valence-electron chi connectivity index (χ3n) is 2.71. The van der Waals surface area contributed by atoms with Gasteiger partial charge in [0, 0.05) is 12.1 Å². The Labute approximate surface area is 131 Å². The average Bonchev–Trinajstić information content (AvgIpc) is 2.56. The maximum atomic E-state index is 10.8. The number of non-ortho nitro benzene ring substituents is 1. The number of carbonyl (C=O) groups excluding carboxylic acids is 1. The number of aliphatic hydroxyl groups is 1. The van der Waals surface area contributed by atoms with Gasteiger partial charge in [-0.05, 0) is 42.0 Å². The lowest BCUT2D eigenvalue weighted by atomic mass is 10.2. The highest BCUT2D eigenvalue weighted by Gasteiger charge is 2.05. The van der Waals surface area contributed by atoms with Crippen molar-refractivity contribution in [2.24, 2.45) is 5.10 Å². The highest BCUT2D eigenvalue weighted by molar-refractivity contribution is 5.82. The summed E-state index contributed by atoms with van der Waals surface area (Å²) in [5.41, 5.74) is 2.86. The molecule has 8 heteroatoms. The molecular formula is C15H13N3O5. The second-order valence-electron chi connectivity index (χ2n) is 4.37. The van der Waals surface area contributed by atoms with E-state index < -0.39 is 17.4 Å². The molecule has 0 heterocycles. The number of hydrazone groups is 1. The van der Waals surface area contributed by atoms with Crippen LogP contribution in [-0.4, -0.2) is 28.8 Å². The molecule has 0 spiro atoms. The molecule has 0 saturated carbocycles. The van der Waals surface area contributed by atoms with Gasteiger partial charge in [0.25, 0.3) is 11.6 Å². The quantitative estimate of drug-likeness (QED) is 0.479. The van der Waals surface area contributed by atoms with E-state index in [-0.39, 0.29) is 5.69 Å². The van der Waals surface area contributed by atoms with Gasteiger partial charge in [0.15, 0.2) is 0 Å². The molecule has 0 aliphatic heterocycles. The highest BCUT2D eigenvalue weighted by Crippen LogP contribution is 2.23. The van der Waals surface area contributed by atoms with Crippen LogP contribution in [0, 0.1) is 10.1 Å². The maximum absolute atomic E-state index is 10.8. The fraction of sp³-hybridized carbons (Fsp3) is 0.0667. The first-order valence-electron chi connectivity index (χ1n) is 6.53. The minimum atomic E-state index is -0.626. The van der Waals surface area contributed by atoms with Crippen LogP contribution in [0.15, 0.2) is 53.6 Å². The molecule has 0 unspecified atom stereocenters. The second-order valence-corrected chi connectivity index (χ2v) is 4.37. The van der Waals surface area contributed by atoms with Crippen LogP contribution < -0.4 is 10.2 Å². The molecule has 0 aliphatic carbocycles. The molecule has 0 atom stereocenters. The summed E-state index contributed by atoms with van der Waals surface area (Å²) in [4.78, 5) is 20.9. The van der Waals surface area contributed by atoms with Crippen LogP contribution in [0.1, 0.15) is 5.56 Å². The van der Waals surface area contributed by atoms with Crippen LogP contribution in [0.3, 0.4) is 0 Å². The van der Waals surface area contributed by atoms with Gasteiger partial charge >= 0.3 is 0 Å². The topological polar surface area (TPSA) is 114 Å². The number of nitro groups is 1. The molecule has 1 amide bonds. The summed E-state index contributed by atoms with van der Waals surface area (Å²) in [6.07, 6.45) is 1.42. The molecular weight excluding hydrogens is 302 g/mol. The lowest BCUT2D eigenvalue weighted by molar-refractivity contribution is -0.384. The van der Waals surface area contributed by atoms with Gasteiger partial charge in [-0.2, -0.15) is 5.10 Å². The fourth-order valence-electron chi connectivity index (χ4n) is 1.61. The Morgan fingerprint density at radius 3 is 2.26 bits per heavy atom. The van der Waals surface area contributed by atoms with Crippen molar-refractivity contribution in [2.45, 2.75) is 0 Å². The van der Waals surface area contributed by atoms with E-state index in [0.29, 0.717) is 11.5 Å². The molecule has 0 saturated heterocycles. The predicted molar refractivity (Wildman–Crippen MR) is 82.4 cm³/mol. The zero-order valence-corrected chi connectivity index (χ0v) is 11.9. The molecule has 0 bridgehead atoms. The first-order chi connectivity index (χ1) is 11.1. The number of nitrogens with zero attached hydrogens (tertiary/aromatic N) is 2. The molecule has 2 aromatic carbocycles. The summed E-state index contributed by atoms with van der Waals surface area (Å²) in [5, 5.41) is 22.7. The van der Waals surface area contributed by atoms with Crippen LogP contribution in [0.5, 0.6) is 11.5 Å². The monoisotopic (exact) mass is 315 g/mol. The number of benzene rings is 2. The summed E-state index contributed by atoms with van der Waals surface area (Å²) in [7, 11) is 0. The summed E-state index contributed by atoms with van der Waals surface area (Å²) < 4.78 is 5.56. The first kappa shape index (κ1) is 16.1. The molecule has 0 fully saturated rings. The molecule has 23 heavy (non-hydrogen) atoms. The van der Waals surface area contributed by atoms with E-state index in [1.165, 1.54) is 30.5 Å². The standard InChI is InChI=1S/C15H13N3O5/c19-10-15(20)17-16-9-11-1-5-13(6-2-11)23-14-7-3-12(4-8-14)18(21)22/h1-9,19H,10H2,(H,17,20)/b16-9-. The van der Waals surface area contributed by atoms with Gasteiger partial charge in [0.2, 0.25) is 0 Å². The number of hydrogen-bond acceptors (Lipinski definition) is 6. The normalized spacial score (nSPS) is 10.5. The van der Waals surface area contributed by atoms with Crippen molar-refractivity contribution in [2.75, 3.05) is 6.61 Å². The van der Waals surface area contributed by atoms with Gasteiger partial charge in [-0.3, -0.25) is 14.9 Å². The summed E-state index contributed by atoms with van der Waals surface area (Å²) in [6.45, 7) is -0.626. The third-order valence-corrected chi connectivity index (χ3v) is 2.71. The molecule has 8 nitrogen and oxygen atoms in total. The minimum absolute atomic E-state index is 0.00571. The van der Waals surface area contributed by atoms with Crippen molar-refractivity contribution in [1.82, 2.24) is 5.43 Å². The largest absolute Gasteiger partial charge is 0.457 e. The van der Waals surface area contributed by atoms with Crippen molar-refractivity contribution < 1.29 is 19.6 Å². The van der Waals surface area contributed by atoms with Crippen molar-refractivity contribution in [1.29, 1.82) is 0 Å². The van der Waals surface area contributed by atoms with Crippen LogP contribution in [-0.2, 0) is 4.79 Å². The van der Waals surface area contributed by atoms with E-state index in [2.05, 4.69) is 10.5 Å².